The summed E-state index contributed by atoms with van der Waals surface area (Å²) in [5.74, 6) is 0. The molecule has 0 saturated carbocycles. The lowest BCUT2D eigenvalue weighted by Crippen LogP contribution is -1.98. The van der Waals surface area contributed by atoms with Crippen molar-refractivity contribution in [2.24, 2.45) is 0 Å². The molecule has 0 N–H and O–H groups in total. The fourth-order valence-electron chi connectivity index (χ4n) is 3.31. The third-order valence-corrected chi connectivity index (χ3v) is 4.61. The second-order valence-electron chi connectivity index (χ2n) is 6.34. The third kappa shape index (κ3) is 2.41. The van der Waals surface area contributed by atoms with Crippen molar-refractivity contribution in [3.63, 3.8) is 0 Å². The lowest BCUT2D eigenvalue weighted by atomic mass is 10.1. The summed E-state index contributed by atoms with van der Waals surface area (Å²) in [4.78, 5) is 4.87. The summed E-state index contributed by atoms with van der Waals surface area (Å²) in [6, 6.07) is 23.5. The quantitative estimate of drug-likeness (QED) is 0.470. The van der Waals surface area contributed by atoms with E-state index in [-0.39, 0.29) is 0 Å². The first-order chi connectivity index (χ1) is 11.6. The van der Waals surface area contributed by atoms with Crippen molar-refractivity contribution >= 4 is 10.9 Å². The zero-order chi connectivity index (χ0) is 16.7. The van der Waals surface area contributed by atoms with E-state index in [1.54, 1.807) is 0 Å². The van der Waals surface area contributed by atoms with Crippen LogP contribution in [0, 0.1) is 20.8 Å². The van der Waals surface area contributed by atoms with Crippen LogP contribution in [0.5, 0.6) is 0 Å². The van der Waals surface area contributed by atoms with Crippen LogP contribution in [0.15, 0.2) is 66.7 Å². The lowest BCUT2D eigenvalue weighted by molar-refractivity contribution is 0.966. The zero-order valence-corrected chi connectivity index (χ0v) is 14.2. The van der Waals surface area contributed by atoms with Crippen molar-refractivity contribution in [1.29, 1.82) is 0 Å². The molecule has 4 aromatic rings. The molecule has 0 amide bonds. The number of aromatic nitrogens is 2. The van der Waals surface area contributed by atoms with Crippen molar-refractivity contribution in [2.75, 3.05) is 0 Å². The maximum Gasteiger partial charge on any atom is 0.0738 e. The van der Waals surface area contributed by atoms with Crippen molar-refractivity contribution in [1.82, 2.24) is 9.55 Å². The Morgan fingerprint density at radius 2 is 1.42 bits per heavy atom. The van der Waals surface area contributed by atoms with Crippen LogP contribution in [0.3, 0.4) is 0 Å². The SMILES string of the molecule is Cc1cccc2ccc(-c3ccc(-n4c(C)ccc4C)cc3)nc12. The predicted octanol–water partition coefficient (Wildman–Crippen LogP) is 5.62. The molecule has 0 aliphatic carbocycles. The van der Waals surface area contributed by atoms with E-state index in [0.29, 0.717) is 0 Å². The van der Waals surface area contributed by atoms with Crippen LogP contribution in [-0.4, -0.2) is 9.55 Å². The lowest BCUT2D eigenvalue weighted by Gasteiger charge is -2.11. The summed E-state index contributed by atoms with van der Waals surface area (Å²) in [5, 5.41) is 1.19. The molecular formula is C22H20N2. The Kier molecular flexibility index (Phi) is 3.46. The van der Waals surface area contributed by atoms with Gasteiger partial charge in [-0.3, -0.25) is 0 Å². The highest BCUT2D eigenvalue weighted by Crippen LogP contribution is 2.25. The molecule has 0 saturated heterocycles. The molecular weight excluding hydrogens is 292 g/mol. The maximum atomic E-state index is 4.87. The molecule has 2 heterocycles. The van der Waals surface area contributed by atoms with Crippen LogP contribution in [0.2, 0.25) is 0 Å². The zero-order valence-electron chi connectivity index (χ0n) is 14.2. The van der Waals surface area contributed by atoms with Crippen LogP contribution in [0.1, 0.15) is 17.0 Å². The Bertz CT molecular complexity index is 1000. The molecule has 2 heteroatoms. The highest BCUT2D eigenvalue weighted by atomic mass is 15.0. The van der Waals surface area contributed by atoms with Crippen molar-refractivity contribution in [3.05, 3.63) is 83.7 Å². The van der Waals surface area contributed by atoms with Gasteiger partial charge >= 0.3 is 0 Å². The largest absolute Gasteiger partial charge is 0.319 e. The van der Waals surface area contributed by atoms with Gasteiger partial charge in [0, 0.05) is 28.0 Å². The first-order valence-corrected chi connectivity index (χ1v) is 8.25. The minimum atomic E-state index is 1.02. The Morgan fingerprint density at radius 1 is 0.708 bits per heavy atom. The van der Waals surface area contributed by atoms with Crippen LogP contribution < -0.4 is 0 Å². The van der Waals surface area contributed by atoms with E-state index in [4.69, 9.17) is 4.98 Å². The number of hydrogen-bond acceptors (Lipinski definition) is 1. The standard InChI is InChI=1S/C22H20N2/c1-15-5-4-6-19-11-14-21(23-22(15)19)18-9-12-20(13-10-18)24-16(2)7-8-17(24)3/h4-14H,1-3H3. The van der Waals surface area contributed by atoms with E-state index in [1.807, 2.05) is 0 Å². The monoisotopic (exact) mass is 312 g/mol. The summed E-state index contributed by atoms with van der Waals surface area (Å²) in [6.45, 7) is 6.38. The Hall–Kier alpha value is -2.87. The summed E-state index contributed by atoms with van der Waals surface area (Å²) in [6.07, 6.45) is 0. The summed E-state index contributed by atoms with van der Waals surface area (Å²) < 4.78 is 2.27. The van der Waals surface area contributed by atoms with E-state index in [2.05, 4.69) is 92.1 Å². The van der Waals surface area contributed by atoms with Gasteiger partial charge in [0.2, 0.25) is 0 Å². The highest BCUT2D eigenvalue weighted by molar-refractivity contribution is 5.84. The van der Waals surface area contributed by atoms with Gasteiger partial charge in [0.15, 0.2) is 0 Å². The summed E-state index contributed by atoms with van der Waals surface area (Å²) in [7, 11) is 0. The summed E-state index contributed by atoms with van der Waals surface area (Å²) >= 11 is 0. The van der Waals surface area contributed by atoms with Gasteiger partial charge < -0.3 is 4.57 Å². The molecule has 0 spiro atoms. The first-order valence-electron chi connectivity index (χ1n) is 8.25. The van der Waals surface area contributed by atoms with Crippen LogP contribution >= 0.6 is 0 Å². The molecule has 0 bridgehead atoms. The average Bonchev–Trinajstić information content (AvgIpc) is 2.94. The number of benzene rings is 2. The number of rotatable bonds is 2. The van der Waals surface area contributed by atoms with Gasteiger partial charge in [-0.2, -0.15) is 0 Å². The number of para-hydroxylation sites is 1. The second kappa shape index (κ2) is 5.64. The highest BCUT2D eigenvalue weighted by Gasteiger charge is 2.06. The molecule has 24 heavy (non-hydrogen) atoms. The van der Waals surface area contributed by atoms with E-state index in [1.165, 1.54) is 28.0 Å². The van der Waals surface area contributed by atoms with E-state index in [9.17, 15) is 0 Å². The molecule has 4 rings (SSSR count). The number of nitrogens with zero attached hydrogens (tertiary/aromatic N) is 2. The predicted molar refractivity (Wildman–Crippen MR) is 101 cm³/mol. The number of fused-ring (bicyclic) bond motifs is 1. The van der Waals surface area contributed by atoms with Gasteiger partial charge in [-0.05, 0) is 56.7 Å². The van der Waals surface area contributed by atoms with Crippen molar-refractivity contribution < 1.29 is 0 Å². The molecule has 0 aliphatic heterocycles. The molecule has 2 aromatic carbocycles. The van der Waals surface area contributed by atoms with Crippen LogP contribution in [-0.2, 0) is 0 Å². The van der Waals surface area contributed by atoms with Crippen LogP contribution in [0.25, 0.3) is 27.8 Å². The van der Waals surface area contributed by atoms with Gasteiger partial charge in [-0.25, -0.2) is 4.98 Å². The van der Waals surface area contributed by atoms with Gasteiger partial charge in [0.25, 0.3) is 0 Å². The smallest absolute Gasteiger partial charge is 0.0738 e. The second-order valence-corrected chi connectivity index (χ2v) is 6.34. The van der Waals surface area contributed by atoms with Crippen LogP contribution in [0.4, 0.5) is 0 Å². The van der Waals surface area contributed by atoms with Crippen molar-refractivity contribution in [3.8, 4) is 16.9 Å². The van der Waals surface area contributed by atoms with Gasteiger partial charge in [-0.1, -0.05) is 36.4 Å². The average molecular weight is 312 g/mol. The van der Waals surface area contributed by atoms with E-state index in [0.717, 1.165) is 16.8 Å². The Balaban J connectivity index is 1.77. The fraction of sp³-hybridized carbons (Fsp3) is 0.136. The van der Waals surface area contributed by atoms with E-state index < -0.39 is 0 Å². The molecule has 118 valence electrons. The molecule has 2 aromatic heterocycles. The van der Waals surface area contributed by atoms with Crippen molar-refractivity contribution in [2.45, 2.75) is 20.8 Å². The van der Waals surface area contributed by atoms with Gasteiger partial charge in [0.1, 0.15) is 0 Å². The molecule has 0 aliphatic rings. The Morgan fingerprint density at radius 3 is 2.12 bits per heavy atom. The maximum absolute atomic E-state index is 4.87. The van der Waals surface area contributed by atoms with Gasteiger partial charge in [0.05, 0.1) is 11.2 Å². The fourth-order valence-corrected chi connectivity index (χ4v) is 3.31. The molecule has 0 fully saturated rings. The molecule has 2 nitrogen and oxygen atoms in total. The molecule has 0 atom stereocenters. The normalized spacial score (nSPS) is 11.1. The third-order valence-electron chi connectivity index (χ3n) is 4.61. The number of pyridine rings is 1. The molecule has 0 radical (unpaired) electrons. The van der Waals surface area contributed by atoms with E-state index >= 15 is 0 Å². The Labute approximate surface area is 142 Å². The molecule has 0 unspecified atom stereocenters. The number of hydrogen-bond donors (Lipinski definition) is 0. The number of aryl methyl sites for hydroxylation is 3. The first kappa shape index (κ1) is 14.7. The van der Waals surface area contributed by atoms with Gasteiger partial charge in [-0.15, -0.1) is 0 Å². The minimum Gasteiger partial charge on any atom is -0.319 e. The summed E-state index contributed by atoms with van der Waals surface area (Å²) in [5.41, 5.74) is 8.14. The topological polar surface area (TPSA) is 17.8 Å². The minimum absolute atomic E-state index is 1.02.